The maximum atomic E-state index is 11.4. The number of esters is 1. The fraction of sp³-hybridized carbons (Fsp3) is 0.722. The van der Waals surface area contributed by atoms with Crippen molar-refractivity contribution in [3.05, 3.63) is 23.8 Å². The van der Waals surface area contributed by atoms with Crippen molar-refractivity contribution in [2.45, 2.75) is 64.8 Å². The summed E-state index contributed by atoms with van der Waals surface area (Å²) in [4.78, 5) is 22.3. The monoisotopic (exact) mass is 326 g/mol. The van der Waals surface area contributed by atoms with E-state index in [1.807, 2.05) is 13.8 Å². The molecule has 1 heterocycles. The number of hydrogen-bond donors (Lipinski definition) is 0. The molecule has 1 aliphatic heterocycles. The summed E-state index contributed by atoms with van der Waals surface area (Å²) >= 11 is 0. The first kappa shape index (κ1) is 19.9. The lowest BCUT2D eigenvalue weighted by molar-refractivity contribution is -0.475. The summed E-state index contributed by atoms with van der Waals surface area (Å²) in [6.45, 7) is 6.15. The van der Waals surface area contributed by atoms with Crippen molar-refractivity contribution in [2.75, 3.05) is 14.2 Å². The lowest BCUT2D eigenvalue weighted by Gasteiger charge is -2.40. The van der Waals surface area contributed by atoms with Gasteiger partial charge in [0, 0.05) is 20.0 Å². The van der Waals surface area contributed by atoms with Gasteiger partial charge in [0.2, 0.25) is 5.79 Å². The van der Waals surface area contributed by atoms with Gasteiger partial charge in [-0.2, -0.15) is 0 Å². The number of carbonyl (C=O) groups excluding carboxylic acids is 1. The molecule has 0 aliphatic carbocycles. The molecule has 0 radical (unpaired) electrons. The minimum Gasteiger partial charge on any atom is -0.469 e. The second-order valence-electron chi connectivity index (χ2n) is 6.12. The standard InChI is InChI=1S/C18H30O5/c1-6-14(2)10-8-7-9-11-18(21-5)13-15(3)16(22-23-18)12-17(19)20-4/h6,8,10,15-16H,7,9,11-13H2,1-5H3/b10-8+,14-6+/t15-,16-,18+/m0/s1. The number of methoxy groups -OCH3 is 2. The van der Waals surface area contributed by atoms with Crippen molar-refractivity contribution in [1.82, 2.24) is 0 Å². The number of hydrogen-bond acceptors (Lipinski definition) is 5. The Morgan fingerprint density at radius 1 is 1.39 bits per heavy atom. The van der Waals surface area contributed by atoms with Crippen LogP contribution in [0.15, 0.2) is 23.8 Å². The predicted octanol–water partition coefficient (Wildman–Crippen LogP) is 3.94. The average molecular weight is 326 g/mol. The van der Waals surface area contributed by atoms with Crippen LogP contribution in [-0.2, 0) is 24.0 Å². The van der Waals surface area contributed by atoms with Crippen LogP contribution in [-0.4, -0.2) is 32.1 Å². The zero-order valence-electron chi connectivity index (χ0n) is 15.0. The predicted molar refractivity (Wildman–Crippen MR) is 88.5 cm³/mol. The molecule has 5 heteroatoms. The number of ether oxygens (including phenoxy) is 2. The molecule has 132 valence electrons. The molecule has 0 aromatic rings. The largest absolute Gasteiger partial charge is 0.469 e. The molecule has 0 saturated carbocycles. The molecule has 0 unspecified atom stereocenters. The molecular weight excluding hydrogens is 296 g/mol. The SMILES string of the molecule is C/C=C(C)/C=C/CCC[C@]1(OC)C[C@H](C)[C@H](CC(=O)OC)OO1. The van der Waals surface area contributed by atoms with E-state index in [1.54, 1.807) is 7.11 Å². The minimum atomic E-state index is -0.727. The van der Waals surface area contributed by atoms with Crippen LogP contribution < -0.4 is 0 Å². The van der Waals surface area contributed by atoms with Gasteiger partial charge in [-0.15, -0.1) is 0 Å². The van der Waals surface area contributed by atoms with Gasteiger partial charge in [-0.25, -0.2) is 9.78 Å². The minimum absolute atomic E-state index is 0.156. The second-order valence-corrected chi connectivity index (χ2v) is 6.12. The first-order valence-electron chi connectivity index (χ1n) is 8.22. The molecule has 1 saturated heterocycles. The van der Waals surface area contributed by atoms with Crippen molar-refractivity contribution in [2.24, 2.45) is 5.92 Å². The third kappa shape index (κ3) is 6.45. The highest BCUT2D eigenvalue weighted by Crippen LogP contribution is 2.36. The molecule has 5 nitrogen and oxygen atoms in total. The van der Waals surface area contributed by atoms with Gasteiger partial charge in [0.15, 0.2) is 0 Å². The van der Waals surface area contributed by atoms with Crippen LogP contribution in [0, 0.1) is 5.92 Å². The summed E-state index contributed by atoms with van der Waals surface area (Å²) < 4.78 is 10.3. The fourth-order valence-corrected chi connectivity index (χ4v) is 2.60. The van der Waals surface area contributed by atoms with E-state index in [4.69, 9.17) is 14.5 Å². The molecule has 0 N–H and O–H groups in total. The molecule has 0 spiro atoms. The first-order valence-corrected chi connectivity index (χ1v) is 8.22. The Kier molecular flexibility index (Phi) is 8.52. The van der Waals surface area contributed by atoms with Gasteiger partial charge in [-0.1, -0.05) is 30.7 Å². The summed E-state index contributed by atoms with van der Waals surface area (Å²) in [6.07, 6.45) is 9.61. The van der Waals surface area contributed by atoms with E-state index in [2.05, 4.69) is 29.9 Å². The molecule has 23 heavy (non-hydrogen) atoms. The van der Waals surface area contributed by atoms with Crippen molar-refractivity contribution in [3.63, 3.8) is 0 Å². The number of carbonyl (C=O) groups is 1. The van der Waals surface area contributed by atoms with Gasteiger partial charge in [-0.05, 0) is 32.6 Å². The van der Waals surface area contributed by atoms with Crippen molar-refractivity contribution in [1.29, 1.82) is 0 Å². The van der Waals surface area contributed by atoms with Gasteiger partial charge >= 0.3 is 5.97 Å². The van der Waals surface area contributed by atoms with Crippen LogP contribution >= 0.6 is 0 Å². The van der Waals surface area contributed by atoms with Crippen LogP contribution in [0.1, 0.15) is 52.9 Å². The molecular formula is C18H30O5. The highest BCUT2D eigenvalue weighted by molar-refractivity contribution is 5.69. The normalized spacial score (nSPS) is 29.0. The number of allylic oxidation sites excluding steroid dienone is 4. The molecule has 1 rings (SSSR count). The van der Waals surface area contributed by atoms with E-state index in [1.165, 1.54) is 12.7 Å². The van der Waals surface area contributed by atoms with Crippen LogP contribution in [0.25, 0.3) is 0 Å². The van der Waals surface area contributed by atoms with E-state index in [0.29, 0.717) is 6.42 Å². The zero-order chi connectivity index (χ0) is 17.3. The maximum absolute atomic E-state index is 11.4. The topological polar surface area (TPSA) is 54.0 Å². The second kappa shape index (κ2) is 9.85. The Bertz CT molecular complexity index is 429. The molecule has 0 aromatic carbocycles. The molecule has 0 amide bonds. The first-order chi connectivity index (χ1) is 11.0. The summed E-state index contributed by atoms with van der Waals surface area (Å²) in [5, 5.41) is 0. The van der Waals surface area contributed by atoms with Crippen molar-refractivity contribution in [3.8, 4) is 0 Å². The van der Waals surface area contributed by atoms with E-state index in [-0.39, 0.29) is 24.4 Å². The van der Waals surface area contributed by atoms with Crippen LogP contribution in [0.5, 0.6) is 0 Å². The summed E-state index contributed by atoms with van der Waals surface area (Å²) in [5.74, 6) is -0.862. The molecule has 0 aromatic heterocycles. The quantitative estimate of drug-likeness (QED) is 0.293. The van der Waals surface area contributed by atoms with Crippen LogP contribution in [0.2, 0.25) is 0 Å². The van der Waals surface area contributed by atoms with E-state index < -0.39 is 5.79 Å². The third-order valence-corrected chi connectivity index (χ3v) is 4.32. The third-order valence-electron chi connectivity index (χ3n) is 4.32. The number of rotatable bonds is 8. The van der Waals surface area contributed by atoms with Crippen LogP contribution in [0.3, 0.4) is 0 Å². The Morgan fingerprint density at radius 2 is 2.13 bits per heavy atom. The molecule has 0 bridgehead atoms. The van der Waals surface area contributed by atoms with Gasteiger partial charge in [0.1, 0.15) is 6.10 Å². The van der Waals surface area contributed by atoms with Crippen molar-refractivity contribution >= 4 is 5.97 Å². The molecule has 3 atom stereocenters. The fourth-order valence-electron chi connectivity index (χ4n) is 2.60. The van der Waals surface area contributed by atoms with Crippen LogP contribution in [0.4, 0.5) is 0 Å². The maximum Gasteiger partial charge on any atom is 0.308 e. The van der Waals surface area contributed by atoms with E-state index in [0.717, 1.165) is 19.3 Å². The Morgan fingerprint density at radius 3 is 2.70 bits per heavy atom. The highest BCUT2D eigenvalue weighted by Gasteiger charge is 2.42. The summed E-state index contributed by atoms with van der Waals surface area (Å²) in [5.41, 5.74) is 1.25. The zero-order valence-corrected chi connectivity index (χ0v) is 15.0. The van der Waals surface area contributed by atoms with Crippen molar-refractivity contribution < 1.29 is 24.0 Å². The molecule has 1 fully saturated rings. The lowest BCUT2D eigenvalue weighted by atomic mass is 9.90. The number of unbranched alkanes of at least 4 members (excludes halogenated alkanes) is 1. The molecule has 1 aliphatic rings. The van der Waals surface area contributed by atoms with Gasteiger partial charge in [-0.3, -0.25) is 4.79 Å². The summed E-state index contributed by atoms with van der Waals surface area (Å²) in [6, 6.07) is 0. The smallest absolute Gasteiger partial charge is 0.308 e. The van der Waals surface area contributed by atoms with Gasteiger partial charge in [0.05, 0.1) is 13.5 Å². The summed E-state index contributed by atoms with van der Waals surface area (Å²) in [7, 11) is 3.01. The Hall–Kier alpha value is -1.17. The Balaban J connectivity index is 2.47. The Labute approximate surface area is 139 Å². The highest BCUT2D eigenvalue weighted by atomic mass is 17.2. The van der Waals surface area contributed by atoms with E-state index in [9.17, 15) is 4.79 Å². The van der Waals surface area contributed by atoms with E-state index >= 15 is 0 Å². The lowest BCUT2D eigenvalue weighted by Crippen LogP contribution is -2.46. The van der Waals surface area contributed by atoms with Gasteiger partial charge < -0.3 is 9.47 Å². The average Bonchev–Trinajstić information content (AvgIpc) is 2.56. The van der Waals surface area contributed by atoms with Gasteiger partial charge in [0.25, 0.3) is 0 Å².